The van der Waals surface area contributed by atoms with Gasteiger partial charge in [0.15, 0.2) is 11.5 Å². The van der Waals surface area contributed by atoms with Crippen LogP contribution in [0.2, 0.25) is 0 Å². The highest BCUT2D eigenvalue weighted by atomic mass is 16.5. The van der Waals surface area contributed by atoms with Gasteiger partial charge in [0, 0.05) is 37.3 Å². The standard InChI is InChI=1S/C27H40N2O8/c1-5-7-22(32)29(9-6-11-36-16(2)3)20-14-19(27(34)28-8-10-30)23-18-12-17(15-31)13-21(35-4)25(18)37-26(23)24(20)33/h12-14,16,20,23-24,26,30-31,33H,5-11,15H2,1-4H3,(H,28,34). The highest BCUT2D eigenvalue weighted by Gasteiger charge is 2.51. The minimum Gasteiger partial charge on any atom is -0.493 e. The number of nitrogens with one attached hydrogen (secondary N) is 1. The summed E-state index contributed by atoms with van der Waals surface area (Å²) in [6.45, 7) is 6.19. The number of aliphatic hydroxyl groups is 3. The number of methoxy groups -OCH3 is 1. The minimum absolute atomic E-state index is 0.0551. The molecule has 0 spiro atoms. The van der Waals surface area contributed by atoms with Crippen LogP contribution in [0.15, 0.2) is 23.8 Å². The van der Waals surface area contributed by atoms with Crippen molar-refractivity contribution in [2.24, 2.45) is 0 Å². The monoisotopic (exact) mass is 520 g/mol. The van der Waals surface area contributed by atoms with Gasteiger partial charge >= 0.3 is 0 Å². The summed E-state index contributed by atoms with van der Waals surface area (Å²) < 4.78 is 17.3. The van der Waals surface area contributed by atoms with Crippen molar-refractivity contribution < 1.29 is 39.1 Å². The lowest BCUT2D eigenvalue weighted by Gasteiger charge is -2.40. The summed E-state index contributed by atoms with van der Waals surface area (Å²) in [4.78, 5) is 28.1. The molecule has 4 N–H and O–H groups in total. The van der Waals surface area contributed by atoms with Gasteiger partial charge in [-0.1, -0.05) is 6.92 Å². The summed E-state index contributed by atoms with van der Waals surface area (Å²) in [5.74, 6) is -0.410. The Bertz CT molecular complexity index is 979. The predicted octanol–water partition coefficient (Wildman–Crippen LogP) is 1.25. The predicted molar refractivity (Wildman–Crippen MR) is 136 cm³/mol. The number of fused-ring (bicyclic) bond motifs is 3. The highest BCUT2D eigenvalue weighted by molar-refractivity contribution is 5.96. The fourth-order valence-electron chi connectivity index (χ4n) is 4.97. The van der Waals surface area contributed by atoms with Gasteiger partial charge in [-0.05, 0) is 50.5 Å². The molecule has 4 unspecified atom stereocenters. The Hall–Kier alpha value is -2.66. The Labute approximate surface area is 218 Å². The van der Waals surface area contributed by atoms with Gasteiger partial charge in [-0.2, -0.15) is 0 Å². The Morgan fingerprint density at radius 1 is 1.24 bits per heavy atom. The molecule has 2 amide bonds. The largest absolute Gasteiger partial charge is 0.493 e. The molecule has 0 aromatic heterocycles. The maximum atomic E-state index is 13.3. The van der Waals surface area contributed by atoms with Crippen molar-refractivity contribution >= 4 is 11.8 Å². The zero-order valence-electron chi connectivity index (χ0n) is 22.1. The number of carbonyl (C=O) groups excluding carboxylic acids is 2. The molecule has 4 atom stereocenters. The minimum atomic E-state index is -1.12. The molecule has 1 aliphatic carbocycles. The molecule has 10 heteroatoms. The van der Waals surface area contributed by atoms with E-state index in [9.17, 15) is 24.9 Å². The summed E-state index contributed by atoms with van der Waals surface area (Å²) in [5.41, 5.74) is 1.53. The first-order chi connectivity index (χ1) is 17.8. The summed E-state index contributed by atoms with van der Waals surface area (Å²) in [6, 6.07) is 2.60. The molecule has 1 heterocycles. The number of hydrogen-bond donors (Lipinski definition) is 4. The van der Waals surface area contributed by atoms with Gasteiger partial charge in [0.05, 0.1) is 38.4 Å². The lowest BCUT2D eigenvalue weighted by Crippen LogP contribution is -2.56. The smallest absolute Gasteiger partial charge is 0.247 e. The van der Waals surface area contributed by atoms with Gasteiger partial charge in [0.1, 0.15) is 12.2 Å². The third-order valence-electron chi connectivity index (χ3n) is 6.63. The van der Waals surface area contributed by atoms with E-state index in [1.807, 2.05) is 20.8 Å². The lowest BCUT2D eigenvalue weighted by molar-refractivity contribution is -0.137. The first-order valence-corrected chi connectivity index (χ1v) is 13.0. The molecule has 0 saturated carbocycles. The summed E-state index contributed by atoms with van der Waals surface area (Å²) in [7, 11) is 1.48. The molecule has 1 aromatic rings. The second-order valence-electron chi connectivity index (χ2n) is 9.63. The normalized spacial score (nSPS) is 22.1. The fraction of sp³-hybridized carbons (Fsp3) is 0.630. The van der Waals surface area contributed by atoms with E-state index in [-0.39, 0.29) is 31.8 Å². The number of ether oxygens (including phenoxy) is 3. The van der Waals surface area contributed by atoms with Crippen LogP contribution in [-0.2, 0) is 20.9 Å². The van der Waals surface area contributed by atoms with Crippen LogP contribution in [0, 0.1) is 0 Å². The number of amides is 2. The molecule has 1 aliphatic heterocycles. The highest BCUT2D eigenvalue weighted by Crippen LogP contribution is 2.51. The van der Waals surface area contributed by atoms with Gasteiger partial charge < -0.3 is 39.7 Å². The molecule has 10 nitrogen and oxygen atoms in total. The average Bonchev–Trinajstić information content (AvgIpc) is 3.27. The third kappa shape index (κ3) is 6.43. The molecule has 0 fully saturated rings. The number of carbonyl (C=O) groups is 2. The Kier molecular flexibility index (Phi) is 10.3. The van der Waals surface area contributed by atoms with Crippen LogP contribution < -0.4 is 14.8 Å². The molecule has 0 bridgehead atoms. The van der Waals surface area contributed by atoms with Gasteiger partial charge in [-0.3, -0.25) is 9.59 Å². The van der Waals surface area contributed by atoms with Crippen molar-refractivity contribution in [3.05, 3.63) is 34.9 Å². The molecule has 206 valence electrons. The number of benzene rings is 1. The van der Waals surface area contributed by atoms with E-state index < -0.39 is 30.1 Å². The van der Waals surface area contributed by atoms with Crippen molar-refractivity contribution in [2.75, 3.05) is 33.4 Å². The van der Waals surface area contributed by atoms with Crippen molar-refractivity contribution in [2.45, 2.75) is 76.9 Å². The molecule has 0 saturated heterocycles. The van der Waals surface area contributed by atoms with Crippen molar-refractivity contribution in [3.8, 4) is 11.5 Å². The molecule has 2 aliphatic rings. The number of hydrogen-bond acceptors (Lipinski definition) is 8. The summed E-state index contributed by atoms with van der Waals surface area (Å²) in [5, 5.41) is 33.3. The Morgan fingerprint density at radius 3 is 2.62 bits per heavy atom. The Balaban J connectivity index is 2.04. The van der Waals surface area contributed by atoms with Crippen LogP contribution in [0.5, 0.6) is 11.5 Å². The van der Waals surface area contributed by atoms with Crippen LogP contribution in [0.3, 0.4) is 0 Å². The average molecular weight is 521 g/mol. The number of aliphatic hydroxyl groups excluding tert-OH is 3. The third-order valence-corrected chi connectivity index (χ3v) is 6.63. The van der Waals surface area contributed by atoms with Crippen molar-refractivity contribution in [3.63, 3.8) is 0 Å². The zero-order chi connectivity index (χ0) is 27.1. The summed E-state index contributed by atoms with van der Waals surface area (Å²) >= 11 is 0. The molecule has 0 radical (unpaired) electrons. The SMILES string of the molecule is CCCC(=O)N(CCCOC(C)C)C1C=C(C(=O)NCCO)C2c3cc(CO)cc(OC)c3OC2C1O. The van der Waals surface area contributed by atoms with Gasteiger partial charge in [0.25, 0.3) is 0 Å². The van der Waals surface area contributed by atoms with E-state index in [0.717, 1.165) is 0 Å². The van der Waals surface area contributed by atoms with Crippen LogP contribution >= 0.6 is 0 Å². The van der Waals surface area contributed by atoms with Gasteiger partial charge in [-0.25, -0.2) is 0 Å². The quantitative estimate of drug-likeness (QED) is 0.285. The van der Waals surface area contributed by atoms with Crippen molar-refractivity contribution in [1.29, 1.82) is 0 Å². The first kappa shape index (κ1) is 28.9. The topological polar surface area (TPSA) is 138 Å². The van der Waals surface area contributed by atoms with Crippen molar-refractivity contribution in [1.82, 2.24) is 10.2 Å². The molecule has 3 rings (SSSR count). The van der Waals surface area contributed by atoms with Crippen LogP contribution in [0.25, 0.3) is 0 Å². The van der Waals surface area contributed by atoms with E-state index in [0.29, 0.717) is 60.6 Å². The molecular formula is C27H40N2O8. The number of nitrogens with zero attached hydrogens (tertiary/aromatic N) is 1. The molecule has 1 aromatic carbocycles. The van der Waals surface area contributed by atoms with E-state index >= 15 is 0 Å². The summed E-state index contributed by atoms with van der Waals surface area (Å²) in [6.07, 6.45) is 1.24. The maximum Gasteiger partial charge on any atom is 0.247 e. The Morgan fingerprint density at radius 2 is 2.00 bits per heavy atom. The van der Waals surface area contributed by atoms with Crippen LogP contribution in [-0.4, -0.2) is 89.8 Å². The zero-order valence-corrected chi connectivity index (χ0v) is 22.1. The van der Waals surface area contributed by atoms with Crippen LogP contribution in [0.1, 0.15) is 57.1 Å². The van der Waals surface area contributed by atoms with Gasteiger partial charge in [-0.15, -0.1) is 0 Å². The maximum absolute atomic E-state index is 13.3. The van der Waals surface area contributed by atoms with E-state index in [4.69, 9.17) is 14.2 Å². The van der Waals surface area contributed by atoms with Crippen LogP contribution in [0.4, 0.5) is 0 Å². The van der Waals surface area contributed by atoms with E-state index in [1.54, 1.807) is 23.1 Å². The second kappa shape index (κ2) is 13.2. The molecular weight excluding hydrogens is 480 g/mol. The number of rotatable bonds is 13. The molecule has 37 heavy (non-hydrogen) atoms. The lowest BCUT2D eigenvalue weighted by atomic mass is 9.77. The second-order valence-corrected chi connectivity index (χ2v) is 9.63. The van der Waals surface area contributed by atoms with E-state index in [1.165, 1.54) is 7.11 Å². The first-order valence-electron chi connectivity index (χ1n) is 13.0. The van der Waals surface area contributed by atoms with Gasteiger partial charge in [0.2, 0.25) is 11.8 Å². The van der Waals surface area contributed by atoms with E-state index in [2.05, 4.69) is 5.32 Å². The fourth-order valence-corrected chi connectivity index (χ4v) is 4.97.